The lowest BCUT2D eigenvalue weighted by Gasteiger charge is -2.34. The van der Waals surface area contributed by atoms with E-state index in [1.54, 1.807) is 0 Å². The Morgan fingerprint density at radius 3 is 2.67 bits per heavy atom. The number of para-hydroxylation sites is 1. The fraction of sp³-hybridized carbons (Fsp3) is 0.333. The van der Waals surface area contributed by atoms with Crippen molar-refractivity contribution in [2.75, 3.05) is 37.6 Å². The van der Waals surface area contributed by atoms with Gasteiger partial charge in [0.25, 0.3) is 0 Å². The maximum Gasteiger partial charge on any atom is 0.248 e. The van der Waals surface area contributed by atoms with Gasteiger partial charge >= 0.3 is 0 Å². The number of amides is 1. The Labute approximate surface area is 123 Å². The number of anilines is 1. The number of piperazine rings is 1. The Kier molecular flexibility index (Phi) is 3.98. The van der Waals surface area contributed by atoms with Crippen molar-refractivity contribution in [1.82, 2.24) is 15.3 Å². The molecule has 0 aliphatic carbocycles. The maximum atomic E-state index is 11.3. The number of rotatable bonds is 3. The van der Waals surface area contributed by atoms with Gasteiger partial charge in [0, 0.05) is 31.6 Å². The van der Waals surface area contributed by atoms with Crippen molar-refractivity contribution in [1.29, 1.82) is 0 Å². The van der Waals surface area contributed by atoms with E-state index in [9.17, 15) is 4.79 Å². The second kappa shape index (κ2) is 6.07. The number of fused-ring (bicyclic) bond motifs is 1. The van der Waals surface area contributed by atoms with Gasteiger partial charge in [-0.25, -0.2) is 10.8 Å². The molecule has 0 spiro atoms. The molecule has 6 heteroatoms. The fourth-order valence-corrected chi connectivity index (χ4v) is 2.62. The van der Waals surface area contributed by atoms with Crippen LogP contribution in [-0.2, 0) is 4.79 Å². The molecule has 1 amide bonds. The van der Waals surface area contributed by atoms with Gasteiger partial charge in [0.05, 0.1) is 12.1 Å². The van der Waals surface area contributed by atoms with Crippen LogP contribution < -0.4 is 16.2 Å². The van der Waals surface area contributed by atoms with Crippen LogP contribution in [0.1, 0.15) is 0 Å². The van der Waals surface area contributed by atoms with E-state index in [4.69, 9.17) is 10.8 Å². The number of aromatic nitrogens is 1. The second-order valence-corrected chi connectivity index (χ2v) is 5.19. The minimum absolute atomic E-state index is 0.146. The molecule has 0 saturated carbocycles. The molecule has 1 aromatic carbocycles. The lowest BCUT2D eigenvalue weighted by atomic mass is 10.2. The highest BCUT2D eigenvalue weighted by Gasteiger charge is 2.19. The van der Waals surface area contributed by atoms with Crippen LogP contribution in [0.3, 0.4) is 0 Å². The zero-order valence-electron chi connectivity index (χ0n) is 11.8. The van der Waals surface area contributed by atoms with E-state index in [1.807, 2.05) is 18.2 Å². The van der Waals surface area contributed by atoms with Gasteiger partial charge < -0.3 is 4.90 Å². The average Bonchev–Trinajstić information content (AvgIpc) is 2.55. The molecular formula is C15H19N5O. The van der Waals surface area contributed by atoms with E-state index < -0.39 is 0 Å². The highest BCUT2D eigenvalue weighted by molar-refractivity contribution is 5.80. The predicted octanol–water partition coefficient (Wildman–Crippen LogP) is 0.347. The molecule has 1 fully saturated rings. The minimum atomic E-state index is -0.146. The molecule has 2 aromatic rings. The molecule has 0 atom stereocenters. The smallest absolute Gasteiger partial charge is 0.248 e. The number of hydrogen-bond acceptors (Lipinski definition) is 5. The first-order chi connectivity index (χ1) is 10.3. The fourth-order valence-electron chi connectivity index (χ4n) is 2.62. The first kappa shape index (κ1) is 13.8. The Bertz CT molecular complexity index is 637. The van der Waals surface area contributed by atoms with Crippen LogP contribution in [-0.4, -0.2) is 48.5 Å². The molecule has 1 aromatic heterocycles. The molecule has 3 rings (SSSR count). The van der Waals surface area contributed by atoms with Gasteiger partial charge in [0.15, 0.2) is 0 Å². The topological polar surface area (TPSA) is 74.5 Å². The normalized spacial score (nSPS) is 16.1. The molecule has 3 N–H and O–H groups in total. The number of hydrogen-bond donors (Lipinski definition) is 2. The average molecular weight is 285 g/mol. The Morgan fingerprint density at radius 1 is 1.14 bits per heavy atom. The molecule has 1 aliphatic heterocycles. The summed E-state index contributed by atoms with van der Waals surface area (Å²) in [5.41, 5.74) is 3.18. The summed E-state index contributed by atoms with van der Waals surface area (Å²) in [5, 5.41) is 1.15. The van der Waals surface area contributed by atoms with E-state index in [0.29, 0.717) is 6.54 Å². The van der Waals surface area contributed by atoms with Crippen molar-refractivity contribution < 1.29 is 4.79 Å². The third kappa shape index (κ3) is 3.12. The van der Waals surface area contributed by atoms with Crippen molar-refractivity contribution in [3.8, 4) is 0 Å². The standard InChI is InChI=1S/C15H19N5O/c16-18-15(21)11-19-7-9-20(10-8-19)14-6-5-12-3-1-2-4-13(12)17-14/h1-6H,7-11,16H2,(H,18,21). The summed E-state index contributed by atoms with van der Waals surface area (Å²) in [6.07, 6.45) is 0. The van der Waals surface area contributed by atoms with E-state index >= 15 is 0 Å². The highest BCUT2D eigenvalue weighted by Crippen LogP contribution is 2.19. The summed E-state index contributed by atoms with van der Waals surface area (Å²) in [6.45, 7) is 3.76. The molecule has 0 unspecified atom stereocenters. The van der Waals surface area contributed by atoms with Gasteiger partial charge in [-0.2, -0.15) is 0 Å². The van der Waals surface area contributed by atoms with Crippen molar-refractivity contribution in [2.45, 2.75) is 0 Å². The van der Waals surface area contributed by atoms with Crippen LogP contribution >= 0.6 is 0 Å². The molecule has 1 saturated heterocycles. The zero-order valence-corrected chi connectivity index (χ0v) is 11.8. The van der Waals surface area contributed by atoms with E-state index in [0.717, 1.165) is 42.9 Å². The molecule has 0 bridgehead atoms. The third-order valence-electron chi connectivity index (χ3n) is 3.81. The Morgan fingerprint density at radius 2 is 1.90 bits per heavy atom. The van der Waals surface area contributed by atoms with Crippen LogP contribution in [0.2, 0.25) is 0 Å². The number of pyridine rings is 1. The van der Waals surface area contributed by atoms with Gasteiger partial charge in [0.1, 0.15) is 5.82 Å². The second-order valence-electron chi connectivity index (χ2n) is 5.19. The first-order valence-electron chi connectivity index (χ1n) is 7.09. The van der Waals surface area contributed by atoms with Crippen LogP contribution in [0.5, 0.6) is 0 Å². The lowest BCUT2D eigenvalue weighted by Crippen LogP contribution is -2.50. The summed E-state index contributed by atoms with van der Waals surface area (Å²) >= 11 is 0. The Hall–Kier alpha value is -2.18. The molecule has 6 nitrogen and oxygen atoms in total. The highest BCUT2D eigenvalue weighted by atomic mass is 16.2. The van der Waals surface area contributed by atoms with E-state index in [-0.39, 0.29) is 5.91 Å². The zero-order chi connectivity index (χ0) is 14.7. The number of hydrazine groups is 1. The molecule has 110 valence electrons. The van der Waals surface area contributed by atoms with Crippen LogP contribution in [0, 0.1) is 0 Å². The number of nitrogens with zero attached hydrogens (tertiary/aromatic N) is 3. The first-order valence-corrected chi connectivity index (χ1v) is 7.09. The lowest BCUT2D eigenvalue weighted by molar-refractivity contribution is -0.122. The van der Waals surface area contributed by atoms with Crippen LogP contribution in [0.15, 0.2) is 36.4 Å². The predicted molar refractivity (Wildman–Crippen MR) is 82.7 cm³/mol. The van der Waals surface area contributed by atoms with E-state index in [1.165, 1.54) is 0 Å². The van der Waals surface area contributed by atoms with E-state index in [2.05, 4.69) is 33.4 Å². The summed E-state index contributed by atoms with van der Waals surface area (Å²) in [5.74, 6) is 5.96. The molecule has 0 radical (unpaired) electrons. The van der Waals surface area contributed by atoms with Crippen LogP contribution in [0.4, 0.5) is 5.82 Å². The van der Waals surface area contributed by atoms with Crippen molar-refractivity contribution in [3.05, 3.63) is 36.4 Å². The Balaban J connectivity index is 1.66. The maximum absolute atomic E-state index is 11.3. The molecular weight excluding hydrogens is 266 g/mol. The largest absolute Gasteiger partial charge is 0.354 e. The monoisotopic (exact) mass is 285 g/mol. The van der Waals surface area contributed by atoms with Crippen molar-refractivity contribution in [2.24, 2.45) is 5.84 Å². The van der Waals surface area contributed by atoms with Gasteiger partial charge in [0.2, 0.25) is 5.91 Å². The quantitative estimate of drug-likeness (QED) is 0.483. The van der Waals surface area contributed by atoms with Crippen molar-refractivity contribution >= 4 is 22.6 Å². The summed E-state index contributed by atoms with van der Waals surface area (Å²) in [7, 11) is 0. The van der Waals surface area contributed by atoms with Gasteiger partial charge in [-0.05, 0) is 18.2 Å². The van der Waals surface area contributed by atoms with Gasteiger partial charge in [-0.1, -0.05) is 18.2 Å². The number of carbonyl (C=O) groups excluding carboxylic acids is 1. The van der Waals surface area contributed by atoms with Crippen molar-refractivity contribution in [3.63, 3.8) is 0 Å². The summed E-state index contributed by atoms with van der Waals surface area (Å²) in [4.78, 5) is 20.3. The number of carbonyl (C=O) groups is 1. The third-order valence-corrected chi connectivity index (χ3v) is 3.81. The number of nitrogens with one attached hydrogen (secondary N) is 1. The summed E-state index contributed by atoms with van der Waals surface area (Å²) < 4.78 is 0. The molecule has 2 heterocycles. The van der Waals surface area contributed by atoms with Crippen LogP contribution in [0.25, 0.3) is 10.9 Å². The van der Waals surface area contributed by atoms with Gasteiger partial charge in [-0.15, -0.1) is 0 Å². The number of benzene rings is 1. The minimum Gasteiger partial charge on any atom is -0.354 e. The molecule has 1 aliphatic rings. The number of nitrogens with two attached hydrogens (primary N) is 1. The molecule has 21 heavy (non-hydrogen) atoms. The summed E-state index contributed by atoms with van der Waals surface area (Å²) in [6, 6.07) is 12.3. The SMILES string of the molecule is NNC(=O)CN1CCN(c2ccc3ccccc3n2)CC1. The van der Waals surface area contributed by atoms with Gasteiger partial charge in [-0.3, -0.25) is 15.1 Å².